The van der Waals surface area contributed by atoms with Gasteiger partial charge in [-0.2, -0.15) is 0 Å². The molecule has 0 amide bonds. The first kappa shape index (κ1) is 63.4. The average Bonchev–Trinajstić information content (AvgIpc) is 1.59. The van der Waals surface area contributed by atoms with Gasteiger partial charge in [0.25, 0.3) is 0 Å². The van der Waals surface area contributed by atoms with Crippen LogP contribution >= 0.6 is 0 Å². The quantitative estimate of drug-likeness (QED) is 0.0620. The van der Waals surface area contributed by atoms with E-state index in [1.54, 1.807) is 60.7 Å². The lowest BCUT2D eigenvalue weighted by Gasteiger charge is -2.16. The maximum absolute atomic E-state index is 14.8. The average molecular weight is 1240 g/mol. The van der Waals surface area contributed by atoms with Crippen LogP contribution in [-0.2, 0) is 27.2 Å². The number of Topliss-reactive ketones (excluding diaryl/α,β-unsaturated/α-hetero) is 7. The highest BCUT2D eigenvalue weighted by Crippen LogP contribution is 2.52. The second-order valence-electron chi connectivity index (χ2n) is 22.9. The molecule has 0 N–H and O–H groups in total. The summed E-state index contributed by atoms with van der Waals surface area (Å²) < 4.78 is 0. The van der Waals surface area contributed by atoms with Gasteiger partial charge in [-0.3, -0.25) is 33.6 Å². The molecule has 0 bridgehead atoms. The Hall–Kier alpha value is -12.7. The minimum absolute atomic E-state index is 0.00240. The second kappa shape index (κ2) is 30.2. The van der Waals surface area contributed by atoms with Crippen molar-refractivity contribution in [2.75, 3.05) is 0 Å². The van der Waals surface area contributed by atoms with E-state index in [4.69, 9.17) is 0 Å². The first-order valence-electron chi connectivity index (χ1n) is 31.6. The Bertz CT molecular complexity index is 4610. The molecule has 0 spiro atoms. The lowest BCUT2D eigenvalue weighted by atomic mass is 9.86. The predicted molar refractivity (Wildman–Crippen MR) is 384 cm³/mol. The SMILES string of the molecule is O=C(C(=O)c1ccc(C(=O)C(=O)c2ccccc2)cc1)c1ccccc1.O=C(Cc1ccccc1)Cc1ccccc1.O=C1C(c2ccccc2)=C(c2ccccc2)C(c2ccc(C3=C(c4ccccc4)C(=O)C(c4ccccc4)=C3c3ccccc3)cc2)=C1c1ccccc1. The Morgan fingerprint density at radius 2 is 0.344 bits per heavy atom. The van der Waals surface area contributed by atoms with E-state index in [0.29, 0.717) is 46.3 Å². The van der Waals surface area contributed by atoms with Crippen molar-refractivity contribution >= 4 is 85.1 Å². The number of hydrogen-bond donors (Lipinski definition) is 0. The molecular formula is C89H62O7. The van der Waals surface area contributed by atoms with E-state index in [1.165, 1.54) is 24.3 Å². The smallest absolute Gasteiger partial charge is 0.233 e. The summed E-state index contributed by atoms with van der Waals surface area (Å²) in [5.74, 6) is -2.30. The monoisotopic (exact) mass is 1240 g/mol. The number of ketones is 7. The van der Waals surface area contributed by atoms with Crippen LogP contribution < -0.4 is 0 Å². The molecule has 0 aromatic heterocycles. The molecule has 0 aliphatic heterocycles. The Kier molecular flexibility index (Phi) is 19.9. The summed E-state index contributed by atoms with van der Waals surface area (Å²) in [4.78, 5) is 90.3. The zero-order valence-electron chi connectivity index (χ0n) is 52.3. The lowest BCUT2D eigenvalue weighted by Crippen LogP contribution is -2.16. The van der Waals surface area contributed by atoms with Crippen molar-refractivity contribution in [3.63, 3.8) is 0 Å². The van der Waals surface area contributed by atoms with Crippen LogP contribution in [0.25, 0.3) is 44.6 Å². The Morgan fingerprint density at radius 1 is 0.177 bits per heavy atom. The predicted octanol–water partition coefficient (Wildman–Crippen LogP) is 18.8. The van der Waals surface area contributed by atoms with Crippen LogP contribution in [0.5, 0.6) is 0 Å². The number of benzene rings is 12. The molecule has 7 heteroatoms. The molecule has 0 radical (unpaired) electrons. The van der Waals surface area contributed by atoms with Gasteiger partial charge in [0, 0.05) is 79.7 Å². The highest BCUT2D eigenvalue weighted by Gasteiger charge is 2.38. The molecular weight excluding hydrogens is 1180 g/mol. The summed E-state index contributed by atoms with van der Waals surface area (Å²) in [6.07, 6.45) is 1.05. The Balaban J connectivity index is 0.000000172. The zero-order chi connectivity index (χ0) is 66.2. The number of rotatable bonds is 18. The van der Waals surface area contributed by atoms with Crippen LogP contribution in [0.4, 0.5) is 0 Å². The van der Waals surface area contributed by atoms with Crippen LogP contribution in [0, 0.1) is 0 Å². The third-order valence-electron chi connectivity index (χ3n) is 16.6. The van der Waals surface area contributed by atoms with Gasteiger partial charge in [0.2, 0.25) is 23.1 Å². The minimum Gasteiger partial charge on any atom is -0.299 e. The van der Waals surface area contributed by atoms with Gasteiger partial charge in [-0.05, 0) is 55.6 Å². The van der Waals surface area contributed by atoms with Crippen molar-refractivity contribution in [2.24, 2.45) is 0 Å². The number of carbonyl (C=O) groups excluding carboxylic acids is 7. The zero-order valence-corrected chi connectivity index (χ0v) is 52.3. The van der Waals surface area contributed by atoms with E-state index in [9.17, 15) is 33.6 Å². The molecule has 2 aliphatic carbocycles. The third-order valence-corrected chi connectivity index (χ3v) is 16.6. The summed E-state index contributed by atoms with van der Waals surface area (Å²) >= 11 is 0. The van der Waals surface area contributed by atoms with Gasteiger partial charge in [-0.15, -0.1) is 0 Å². The molecule has 0 fully saturated rings. The fourth-order valence-electron chi connectivity index (χ4n) is 12.1. The van der Waals surface area contributed by atoms with Gasteiger partial charge in [-0.25, -0.2) is 0 Å². The van der Waals surface area contributed by atoms with Crippen molar-refractivity contribution in [2.45, 2.75) is 12.8 Å². The van der Waals surface area contributed by atoms with Gasteiger partial charge in [0.15, 0.2) is 11.6 Å². The van der Waals surface area contributed by atoms with Crippen LogP contribution in [0.2, 0.25) is 0 Å². The lowest BCUT2D eigenvalue weighted by molar-refractivity contribution is -0.117. The highest BCUT2D eigenvalue weighted by molar-refractivity contribution is 6.60. The maximum Gasteiger partial charge on any atom is 0.233 e. The Labute approximate surface area is 558 Å². The van der Waals surface area contributed by atoms with Crippen molar-refractivity contribution in [3.05, 3.63) is 430 Å². The number of allylic oxidation sites excluding steroid dienone is 8. The van der Waals surface area contributed by atoms with Crippen molar-refractivity contribution in [1.29, 1.82) is 0 Å². The van der Waals surface area contributed by atoms with Crippen LogP contribution in [0.15, 0.2) is 352 Å². The molecule has 0 unspecified atom stereocenters. The topological polar surface area (TPSA) is 119 Å². The van der Waals surface area contributed by atoms with Crippen LogP contribution in [0.1, 0.15) is 97.1 Å². The van der Waals surface area contributed by atoms with Gasteiger partial charge in [0.05, 0.1) is 0 Å². The molecule has 0 saturated carbocycles. The molecule has 14 rings (SSSR count). The van der Waals surface area contributed by atoms with E-state index in [1.807, 2.05) is 218 Å². The van der Waals surface area contributed by atoms with Crippen molar-refractivity contribution in [1.82, 2.24) is 0 Å². The molecule has 12 aromatic carbocycles. The molecule has 96 heavy (non-hydrogen) atoms. The molecule has 460 valence electrons. The summed E-state index contributed by atoms with van der Waals surface area (Å²) in [7, 11) is 0. The van der Waals surface area contributed by atoms with Crippen molar-refractivity contribution in [3.8, 4) is 0 Å². The fourth-order valence-corrected chi connectivity index (χ4v) is 12.1. The van der Waals surface area contributed by atoms with Gasteiger partial charge < -0.3 is 0 Å². The van der Waals surface area contributed by atoms with E-state index < -0.39 is 23.1 Å². The third kappa shape index (κ3) is 14.3. The van der Waals surface area contributed by atoms with E-state index >= 15 is 0 Å². The first-order chi connectivity index (χ1) is 47.1. The summed E-state index contributed by atoms with van der Waals surface area (Å²) in [6.45, 7) is 0. The van der Waals surface area contributed by atoms with Gasteiger partial charge >= 0.3 is 0 Å². The molecule has 0 saturated heterocycles. The number of hydrogen-bond acceptors (Lipinski definition) is 7. The van der Waals surface area contributed by atoms with E-state index in [0.717, 1.165) is 77.9 Å². The maximum atomic E-state index is 14.8. The molecule has 12 aromatic rings. The second-order valence-corrected chi connectivity index (χ2v) is 22.9. The minimum atomic E-state index is -0.662. The molecule has 2 aliphatic rings. The Morgan fingerprint density at radius 3 is 0.562 bits per heavy atom. The molecule has 0 heterocycles. The molecule has 7 nitrogen and oxygen atoms in total. The normalized spacial score (nSPS) is 12.5. The summed E-state index contributed by atoms with van der Waals surface area (Å²) in [6, 6.07) is 110. The van der Waals surface area contributed by atoms with Crippen LogP contribution in [-0.4, -0.2) is 40.5 Å². The number of carbonyl (C=O) groups is 7. The first-order valence-corrected chi connectivity index (χ1v) is 31.6. The molecule has 0 atom stereocenters. The standard InChI is InChI=1S/C52H34O2.C22H14O4.C15H14O/c53-51-47(37-23-11-3-12-24-37)43(35-19-7-1-8-20-35)45(49(51)39-27-15-5-16-28-39)41-31-33-42(34-32-41)46-44(36-21-9-2-10-22-36)48(38-25-13-4-14-26-38)52(54)50(46)40-29-17-6-18-30-40;23-19(15-7-3-1-4-8-15)21(25)17-11-13-18(14-12-17)22(26)20(24)16-9-5-2-6-10-16;16-15(11-13-7-3-1-4-8-13)12-14-9-5-2-6-10-14/h1-34H;1-14H;1-10H,11-12H2. The largest absolute Gasteiger partial charge is 0.299 e. The van der Waals surface area contributed by atoms with Gasteiger partial charge in [-0.1, -0.05) is 352 Å². The highest BCUT2D eigenvalue weighted by atomic mass is 16.2. The summed E-state index contributed by atoms with van der Waals surface area (Å²) in [5, 5.41) is 0. The van der Waals surface area contributed by atoms with Gasteiger partial charge in [0.1, 0.15) is 5.78 Å². The van der Waals surface area contributed by atoms with Crippen molar-refractivity contribution < 1.29 is 33.6 Å². The van der Waals surface area contributed by atoms with Crippen LogP contribution in [0.3, 0.4) is 0 Å². The van der Waals surface area contributed by atoms with E-state index in [2.05, 4.69) is 48.5 Å². The summed E-state index contributed by atoms with van der Waals surface area (Å²) in [5.41, 5.74) is 16.8. The fraction of sp³-hybridized carbons (Fsp3) is 0.0225. The van der Waals surface area contributed by atoms with E-state index in [-0.39, 0.29) is 28.5 Å².